The van der Waals surface area contributed by atoms with Crippen LogP contribution >= 0.6 is 0 Å². The molecule has 0 amide bonds. The molecule has 1 N–H and O–H groups in total. The van der Waals surface area contributed by atoms with Gasteiger partial charge in [-0.2, -0.15) is 0 Å². The molecular weight excluding hydrogens is 247 g/mol. The highest BCUT2D eigenvalue weighted by molar-refractivity contribution is 5.59. The van der Waals surface area contributed by atoms with Gasteiger partial charge in [-0.25, -0.2) is 9.37 Å². The zero-order valence-electron chi connectivity index (χ0n) is 11.1. The number of rotatable bonds is 6. The smallest absolute Gasteiger partial charge is 0.194 e. The van der Waals surface area contributed by atoms with Gasteiger partial charge in [0.1, 0.15) is 0 Å². The Hall–Kier alpha value is -1.88. The van der Waals surface area contributed by atoms with Crippen LogP contribution in [0.25, 0.3) is 11.3 Å². The van der Waals surface area contributed by atoms with E-state index in [4.69, 9.17) is 9.15 Å². The van der Waals surface area contributed by atoms with E-state index >= 15 is 0 Å². The summed E-state index contributed by atoms with van der Waals surface area (Å²) < 4.78 is 23.9. The van der Waals surface area contributed by atoms with Crippen molar-refractivity contribution >= 4 is 0 Å². The fourth-order valence-corrected chi connectivity index (χ4v) is 1.79. The van der Waals surface area contributed by atoms with Gasteiger partial charge in [0.15, 0.2) is 23.2 Å². The molecule has 0 atom stereocenters. The fourth-order valence-electron chi connectivity index (χ4n) is 1.79. The van der Waals surface area contributed by atoms with Gasteiger partial charge >= 0.3 is 0 Å². The predicted molar refractivity (Wildman–Crippen MR) is 70.7 cm³/mol. The molecule has 0 unspecified atom stereocenters. The molecule has 0 saturated heterocycles. The highest BCUT2D eigenvalue weighted by Crippen LogP contribution is 2.27. The van der Waals surface area contributed by atoms with Crippen LogP contribution in [0.15, 0.2) is 28.8 Å². The molecule has 4 nitrogen and oxygen atoms in total. The summed E-state index contributed by atoms with van der Waals surface area (Å²) >= 11 is 0. The van der Waals surface area contributed by atoms with Crippen molar-refractivity contribution < 1.29 is 13.5 Å². The maximum Gasteiger partial charge on any atom is 0.194 e. The van der Waals surface area contributed by atoms with E-state index in [1.807, 2.05) is 7.05 Å². The van der Waals surface area contributed by atoms with Gasteiger partial charge < -0.3 is 14.5 Å². The van der Waals surface area contributed by atoms with Gasteiger partial charge in [-0.3, -0.25) is 0 Å². The first kappa shape index (κ1) is 13.5. The Balaban J connectivity index is 2.13. The van der Waals surface area contributed by atoms with E-state index in [-0.39, 0.29) is 11.6 Å². The molecule has 0 spiro atoms. The Kier molecular flexibility index (Phi) is 4.52. The van der Waals surface area contributed by atoms with Crippen molar-refractivity contribution in [2.75, 3.05) is 20.7 Å². The van der Waals surface area contributed by atoms with Crippen molar-refractivity contribution in [2.45, 2.75) is 12.8 Å². The third-order valence-corrected chi connectivity index (χ3v) is 2.81. The molecule has 0 radical (unpaired) electrons. The molecule has 0 saturated carbocycles. The molecule has 2 rings (SSSR count). The molecule has 0 bridgehead atoms. The lowest BCUT2D eigenvalue weighted by Gasteiger charge is -2.03. The average molecular weight is 264 g/mol. The minimum atomic E-state index is -0.389. The summed E-state index contributed by atoms with van der Waals surface area (Å²) in [5, 5.41) is 3.07. The largest absolute Gasteiger partial charge is 0.494 e. The summed E-state index contributed by atoms with van der Waals surface area (Å²) in [7, 11) is 3.34. The lowest BCUT2D eigenvalue weighted by Crippen LogP contribution is -2.08. The molecule has 0 aliphatic heterocycles. The third-order valence-electron chi connectivity index (χ3n) is 2.81. The van der Waals surface area contributed by atoms with E-state index in [0.717, 1.165) is 24.9 Å². The average Bonchev–Trinajstić information content (AvgIpc) is 2.88. The lowest BCUT2D eigenvalue weighted by molar-refractivity contribution is 0.386. The van der Waals surface area contributed by atoms with Crippen LogP contribution in [0.2, 0.25) is 0 Å². The van der Waals surface area contributed by atoms with Gasteiger partial charge in [0.25, 0.3) is 0 Å². The van der Waals surface area contributed by atoms with Gasteiger partial charge in [0.2, 0.25) is 0 Å². The molecule has 102 valence electrons. The standard InChI is InChI=1S/C14H17FN2O2/c1-16-7-3-4-14-17-9-13(19-14)10-5-6-11(15)12(8-10)18-2/h5-6,8-9,16H,3-4,7H2,1-2H3. The Morgan fingerprint density at radius 3 is 3.00 bits per heavy atom. The summed E-state index contributed by atoms with van der Waals surface area (Å²) in [5.41, 5.74) is 0.755. The number of ether oxygens (including phenoxy) is 1. The molecule has 0 aliphatic rings. The Labute approximate surface area is 111 Å². The number of oxazole rings is 1. The van der Waals surface area contributed by atoms with Crippen LogP contribution in [0, 0.1) is 5.82 Å². The number of nitrogens with zero attached hydrogens (tertiary/aromatic N) is 1. The molecule has 2 aromatic rings. The van der Waals surface area contributed by atoms with E-state index in [1.165, 1.54) is 13.2 Å². The van der Waals surface area contributed by atoms with Crippen molar-refractivity contribution in [1.29, 1.82) is 0 Å². The number of methoxy groups -OCH3 is 1. The molecule has 5 heteroatoms. The number of hydrogen-bond acceptors (Lipinski definition) is 4. The number of aromatic nitrogens is 1. The maximum atomic E-state index is 13.3. The second-order valence-corrected chi connectivity index (χ2v) is 4.17. The molecule has 1 aromatic carbocycles. The fraction of sp³-hybridized carbons (Fsp3) is 0.357. The van der Waals surface area contributed by atoms with E-state index in [0.29, 0.717) is 11.7 Å². The first-order valence-corrected chi connectivity index (χ1v) is 6.18. The van der Waals surface area contributed by atoms with Crippen LogP contribution < -0.4 is 10.1 Å². The molecule has 1 heterocycles. The van der Waals surface area contributed by atoms with Crippen LogP contribution in [0.5, 0.6) is 5.75 Å². The topological polar surface area (TPSA) is 47.3 Å². The highest BCUT2D eigenvalue weighted by atomic mass is 19.1. The Morgan fingerprint density at radius 2 is 2.26 bits per heavy atom. The minimum Gasteiger partial charge on any atom is -0.494 e. The maximum absolute atomic E-state index is 13.3. The third kappa shape index (κ3) is 3.32. The SMILES string of the molecule is CNCCCc1ncc(-c2ccc(F)c(OC)c2)o1. The molecular formula is C14H17FN2O2. The number of benzene rings is 1. The van der Waals surface area contributed by atoms with E-state index < -0.39 is 0 Å². The van der Waals surface area contributed by atoms with Crippen molar-refractivity contribution in [3.05, 3.63) is 36.1 Å². The first-order valence-electron chi connectivity index (χ1n) is 6.18. The van der Waals surface area contributed by atoms with Gasteiger partial charge in [-0.15, -0.1) is 0 Å². The summed E-state index contributed by atoms with van der Waals surface area (Å²) in [6.07, 6.45) is 3.39. The highest BCUT2D eigenvalue weighted by Gasteiger charge is 2.09. The number of aryl methyl sites for hydroxylation is 1. The first-order chi connectivity index (χ1) is 9.24. The summed E-state index contributed by atoms with van der Waals surface area (Å²) in [6, 6.07) is 4.61. The van der Waals surface area contributed by atoms with Crippen LogP contribution in [-0.2, 0) is 6.42 Å². The predicted octanol–water partition coefficient (Wildman–Crippen LogP) is 2.64. The van der Waals surface area contributed by atoms with Gasteiger partial charge in [-0.1, -0.05) is 0 Å². The summed E-state index contributed by atoms with van der Waals surface area (Å²) in [6.45, 7) is 0.919. The Bertz CT molecular complexity index is 540. The van der Waals surface area contributed by atoms with Crippen LogP contribution in [0.1, 0.15) is 12.3 Å². The van der Waals surface area contributed by atoms with Crippen molar-refractivity contribution in [3.8, 4) is 17.1 Å². The molecule has 1 aromatic heterocycles. The quantitative estimate of drug-likeness (QED) is 0.815. The van der Waals surface area contributed by atoms with E-state index in [2.05, 4.69) is 10.3 Å². The second kappa shape index (κ2) is 6.33. The van der Waals surface area contributed by atoms with Crippen molar-refractivity contribution in [3.63, 3.8) is 0 Å². The zero-order valence-corrected chi connectivity index (χ0v) is 11.1. The van der Waals surface area contributed by atoms with Gasteiger partial charge in [0, 0.05) is 12.0 Å². The van der Waals surface area contributed by atoms with Crippen LogP contribution in [-0.4, -0.2) is 25.7 Å². The van der Waals surface area contributed by atoms with Crippen molar-refractivity contribution in [2.24, 2.45) is 0 Å². The Morgan fingerprint density at radius 1 is 1.42 bits per heavy atom. The molecule has 19 heavy (non-hydrogen) atoms. The molecule has 0 aliphatic carbocycles. The molecule has 0 fully saturated rings. The second-order valence-electron chi connectivity index (χ2n) is 4.17. The summed E-state index contributed by atoms with van der Waals surface area (Å²) in [5.74, 6) is 1.12. The number of nitrogens with one attached hydrogen (secondary N) is 1. The van der Waals surface area contributed by atoms with Crippen LogP contribution in [0.4, 0.5) is 4.39 Å². The number of halogens is 1. The van der Waals surface area contributed by atoms with Crippen LogP contribution in [0.3, 0.4) is 0 Å². The monoisotopic (exact) mass is 264 g/mol. The number of hydrogen-bond donors (Lipinski definition) is 1. The van der Waals surface area contributed by atoms with Crippen molar-refractivity contribution in [1.82, 2.24) is 10.3 Å². The normalized spacial score (nSPS) is 10.7. The minimum absolute atomic E-state index is 0.200. The van der Waals surface area contributed by atoms with Gasteiger partial charge in [0.05, 0.1) is 13.3 Å². The van der Waals surface area contributed by atoms with E-state index in [1.54, 1.807) is 18.3 Å². The zero-order chi connectivity index (χ0) is 13.7. The van der Waals surface area contributed by atoms with Gasteiger partial charge in [-0.05, 0) is 38.2 Å². The lowest BCUT2D eigenvalue weighted by atomic mass is 10.2. The summed E-state index contributed by atoms with van der Waals surface area (Å²) in [4.78, 5) is 4.21. The van der Waals surface area contributed by atoms with E-state index in [9.17, 15) is 4.39 Å².